The summed E-state index contributed by atoms with van der Waals surface area (Å²) < 4.78 is 13.2. The fraction of sp³-hybridized carbons (Fsp3) is 0.600. The first-order valence-corrected chi connectivity index (χ1v) is 6.74. The topological polar surface area (TPSA) is 23.5 Å². The SMILES string of the molecule is CC1CCC(N(C)c2ccc(F)cc2CO)CC1. The van der Waals surface area contributed by atoms with Gasteiger partial charge in [-0.1, -0.05) is 6.92 Å². The van der Waals surface area contributed by atoms with E-state index < -0.39 is 0 Å². The number of nitrogens with zero attached hydrogens (tertiary/aromatic N) is 1. The van der Waals surface area contributed by atoms with Crippen LogP contribution < -0.4 is 4.90 Å². The first-order chi connectivity index (χ1) is 8.61. The van der Waals surface area contributed by atoms with E-state index in [0.717, 1.165) is 11.6 Å². The minimum absolute atomic E-state index is 0.111. The van der Waals surface area contributed by atoms with Gasteiger partial charge in [0.15, 0.2) is 0 Å². The van der Waals surface area contributed by atoms with Gasteiger partial charge in [-0.25, -0.2) is 4.39 Å². The summed E-state index contributed by atoms with van der Waals surface area (Å²) in [6.07, 6.45) is 4.87. The highest BCUT2D eigenvalue weighted by atomic mass is 19.1. The molecule has 0 amide bonds. The normalized spacial score (nSPS) is 24.0. The van der Waals surface area contributed by atoms with Gasteiger partial charge in [0.25, 0.3) is 0 Å². The van der Waals surface area contributed by atoms with E-state index >= 15 is 0 Å². The number of benzene rings is 1. The maximum Gasteiger partial charge on any atom is 0.123 e. The van der Waals surface area contributed by atoms with Gasteiger partial charge < -0.3 is 10.0 Å². The highest BCUT2D eigenvalue weighted by Crippen LogP contribution is 2.31. The molecule has 1 N–H and O–H groups in total. The third kappa shape index (κ3) is 2.83. The number of aliphatic hydroxyl groups excluding tert-OH is 1. The lowest BCUT2D eigenvalue weighted by atomic mass is 9.86. The largest absolute Gasteiger partial charge is 0.392 e. The Hall–Kier alpha value is -1.09. The Bertz CT molecular complexity index is 399. The average molecular weight is 251 g/mol. The summed E-state index contributed by atoms with van der Waals surface area (Å²) in [4.78, 5) is 2.21. The molecule has 0 heterocycles. The summed E-state index contributed by atoms with van der Waals surface area (Å²) in [6, 6.07) is 5.18. The third-order valence-corrected chi connectivity index (χ3v) is 4.12. The lowest BCUT2D eigenvalue weighted by Gasteiger charge is -2.36. The molecule has 1 aliphatic carbocycles. The Kier molecular flexibility index (Phi) is 4.23. The molecule has 3 heteroatoms. The van der Waals surface area contributed by atoms with Gasteiger partial charge in [-0.3, -0.25) is 0 Å². The molecule has 1 fully saturated rings. The molecule has 2 rings (SSSR count). The molecule has 100 valence electrons. The van der Waals surface area contributed by atoms with Crippen molar-refractivity contribution in [3.05, 3.63) is 29.6 Å². The molecule has 0 spiro atoms. The number of rotatable bonds is 3. The van der Waals surface area contributed by atoms with E-state index in [1.54, 1.807) is 6.07 Å². The number of hydrogen-bond donors (Lipinski definition) is 1. The van der Waals surface area contributed by atoms with E-state index in [1.807, 2.05) is 7.05 Å². The first kappa shape index (κ1) is 13.3. The van der Waals surface area contributed by atoms with Crippen LogP contribution in [0.1, 0.15) is 38.2 Å². The number of hydrogen-bond acceptors (Lipinski definition) is 2. The standard InChI is InChI=1S/C15H22FNO/c1-11-3-6-14(7-4-11)17(2)15-8-5-13(16)9-12(15)10-18/h5,8-9,11,14,18H,3-4,6-7,10H2,1-2H3. The molecule has 1 aromatic carbocycles. The zero-order chi connectivity index (χ0) is 13.1. The van der Waals surface area contributed by atoms with Crippen molar-refractivity contribution in [2.24, 2.45) is 5.92 Å². The van der Waals surface area contributed by atoms with Crippen LogP contribution in [0.4, 0.5) is 10.1 Å². The van der Waals surface area contributed by atoms with Crippen molar-refractivity contribution in [1.29, 1.82) is 0 Å². The molecule has 0 unspecified atom stereocenters. The molecular formula is C15H22FNO. The maximum atomic E-state index is 13.2. The monoisotopic (exact) mass is 251 g/mol. The summed E-state index contributed by atoms with van der Waals surface area (Å²) in [5.41, 5.74) is 1.63. The van der Waals surface area contributed by atoms with Crippen LogP contribution in [0.2, 0.25) is 0 Å². The number of halogens is 1. The second-order valence-electron chi connectivity index (χ2n) is 5.46. The molecule has 0 aromatic heterocycles. The van der Waals surface area contributed by atoms with E-state index in [1.165, 1.54) is 37.8 Å². The van der Waals surface area contributed by atoms with Gasteiger partial charge >= 0.3 is 0 Å². The minimum atomic E-state index is -0.284. The fourth-order valence-electron chi connectivity index (χ4n) is 2.85. The van der Waals surface area contributed by atoms with Crippen LogP contribution in [0, 0.1) is 11.7 Å². The van der Waals surface area contributed by atoms with Gasteiger partial charge in [0, 0.05) is 24.3 Å². The van der Waals surface area contributed by atoms with Crippen LogP contribution in [0.3, 0.4) is 0 Å². The summed E-state index contributed by atoms with van der Waals surface area (Å²) in [6.45, 7) is 2.19. The van der Waals surface area contributed by atoms with Gasteiger partial charge in [-0.05, 0) is 49.8 Å². The molecular weight excluding hydrogens is 229 g/mol. The van der Waals surface area contributed by atoms with Crippen LogP contribution in [0.5, 0.6) is 0 Å². The van der Waals surface area contributed by atoms with E-state index in [-0.39, 0.29) is 12.4 Å². The Balaban J connectivity index is 2.15. The van der Waals surface area contributed by atoms with E-state index in [4.69, 9.17) is 0 Å². The molecule has 0 atom stereocenters. The zero-order valence-corrected chi connectivity index (χ0v) is 11.2. The summed E-state index contributed by atoms with van der Waals surface area (Å²) in [5.74, 6) is 0.536. The van der Waals surface area contributed by atoms with Crippen LogP contribution >= 0.6 is 0 Å². The van der Waals surface area contributed by atoms with Crippen molar-refractivity contribution in [3.8, 4) is 0 Å². The van der Waals surface area contributed by atoms with Crippen molar-refractivity contribution in [2.75, 3.05) is 11.9 Å². The molecule has 0 saturated heterocycles. The van der Waals surface area contributed by atoms with Crippen molar-refractivity contribution in [1.82, 2.24) is 0 Å². The quantitative estimate of drug-likeness (QED) is 0.890. The molecule has 1 aromatic rings. The second-order valence-corrected chi connectivity index (χ2v) is 5.46. The highest BCUT2D eigenvalue weighted by molar-refractivity contribution is 5.53. The van der Waals surface area contributed by atoms with Crippen LogP contribution in [-0.2, 0) is 6.61 Å². The molecule has 1 aliphatic rings. The maximum absolute atomic E-state index is 13.2. The predicted molar refractivity (Wildman–Crippen MR) is 72.1 cm³/mol. The first-order valence-electron chi connectivity index (χ1n) is 6.74. The minimum Gasteiger partial charge on any atom is -0.392 e. The van der Waals surface area contributed by atoms with Gasteiger partial charge in [0.05, 0.1) is 6.61 Å². The summed E-state index contributed by atoms with van der Waals surface area (Å²) in [5, 5.41) is 9.34. The summed E-state index contributed by atoms with van der Waals surface area (Å²) >= 11 is 0. The zero-order valence-electron chi connectivity index (χ0n) is 11.2. The third-order valence-electron chi connectivity index (χ3n) is 4.12. The summed E-state index contributed by atoms with van der Waals surface area (Å²) in [7, 11) is 2.05. The second kappa shape index (κ2) is 5.70. The lowest BCUT2D eigenvalue weighted by Crippen LogP contribution is -2.35. The van der Waals surface area contributed by atoms with Crippen molar-refractivity contribution in [3.63, 3.8) is 0 Å². The number of aliphatic hydroxyl groups is 1. The van der Waals surface area contributed by atoms with Crippen molar-refractivity contribution in [2.45, 2.75) is 45.3 Å². The molecule has 0 bridgehead atoms. The van der Waals surface area contributed by atoms with Gasteiger partial charge in [0.1, 0.15) is 5.82 Å². The molecule has 0 radical (unpaired) electrons. The molecule has 1 saturated carbocycles. The molecule has 2 nitrogen and oxygen atoms in total. The highest BCUT2D eigenvalue weighted by Gasteiger charge is 2.23. The smallest absolute Gasteiger partial charge is 0.123 e. The number of anilines is 1. The Morgan fingerprint density at radius 1 is 1.28 bits per heavy atom. The average Bonchev–Trinajstić information content (AvgIpc) is 2.38. The van der Waals surface area contributed by atoms with Crippen LogP contribution in [-0.4, -0.2) is 18.2 Å². The predicted octanol–water partition coefficient (Wildman–Crippen LogP) is 3.33. The Labute approximate surface area is 108 Å². The van der Waals surface area contributed by atoms with Crippen LogP contribution in [0.25, 0.3) is 0 Å². The van der Waals surface area contributed by atoms with E-state index in [2.05, 4.69) is 11.8 Å². The van der Waals surface area contributed by atoms with E-state index in [0.29, 0.717) is 11.6 Å². The lowest BCUT2D eigenvalue weighted by molar-refractivity contribution is 0.280. The van der Waals surface area contributed by atoms with Crippen LogP contribution in [0.15, 0.2) is 18.2 Å². The van der Waals surface area contributed by atoms with E-state index in [9.17, 15) is 9.50 Å². The Morgan fingerprint density at radius 3 is 2.56 bits per heavy atom. The van der Waals surface area contributed by atoms with Crippen molar-refractivity contribution >= 4 is 5.69 Å². The molecule has 0 aliphatic heterocycles. The van der Waals surface area contributed by atoms with Gasteiger partial charge in [0.2, 0.25) is 0 Å². The van der Waals surface area contributed by atoms with Crippen molar-refractivity contribution < 1.29 is 9.50 Å². The molecule has 18 heavy (non-hydrogen) atoms. The van der Waals surface area contributed by atoms with Gasteiger partial charge in [-0.15, -0.1) is 0 Å². The van der Waals surface area contributed by atoms with Gasteiger partial charge in [-0.2, -0.15) is 0 Å². The Morgan fingerprint density at radius 2 is 1.94 bits per heavy atom. The fourth-order valence-corrected chi connectivity index (χ4v) is 2.85.